The van der Waals surface area contributed by atoms with Crippen molar-refractivity contribution >= 4 is 28.4 Å². The second-order valence-corrected chi connectivity index (χ2v) is 8.54. The molecule has 0 radical (unpaired) electrons. The van der Waals surface area contributed by atoms with Gasteiger partial charge >= 0.3 is 0 Å². The average molecular weight is 442 g/mol. The third-order valence-corrected chi connectivity index (χ3v) is 6.59. The van der Waals surface area contributed by atoms with Crippen molar-refractivity contribution in [1.82, 2.24) is 9.97 Å². The number of aromatic nitrogens is 2. The van der Waals surface area contributed by atoms with E-state index in [9.17, 15) is 10.1 Å². The lowest BCUT2D eigenvalue weighted by Crippen LogP contribution is -1.87. The molecule has 3 aromatic carbocycles. The minimum atomic E-state index is -0.399. The van der Waals surface area contributed by atoms with Crippen LogP contribution in [0, 0.1) is 10.1 Å². The van der Waals surface area contributed by atoms with Gasteiger partial charge in [0.1, 0.15) is 10.0 Å². The van der Waals surface area contributed by atoms with E-state index >= 15 is 0 Å². The van der Waals surface area contributed by atoms with Gasteiger partial charge in [-0.25, -0.2) is 9.97 Å². The largest absolute Gasteiger partial charge is 0.269 e. The van der Waals surface area contributed by atoms with Crippen molar-refractivity contribution in [3.8, 4) is 43.7 Å². The van der Waals surface area contributed by atoms with E-state index in [4.69, 9.17) is 9.97 Å². The summed E-state index contributed by atoms with van der Waals surface area (Å²) >= 11 is 3.18. The molecule has 0 saturated heterocycles. The molecule has 5 rings (SSSR count). The number of rotatable bonds is 5. The maximum atomic E-state index is 10.9. The Kier molecular flexibility index (Phi) is 5.11. The Balaban J connectivity index is 1.42. The Morgan fingerprint density at radius 3 is 1.90 bits per heavy atom. The molecule has 0 amide bonds. The molecule has 0 spiro atoms. The fraction of sp³-hybridized carbons (Fsp3) is 0. The Morgan fingerprint density at radius 2 is 1.23 bits per heavy atom. The van der Waals surface area contributed by atoms with Crippen LogP contribution in [0.25, 0.3) is 43.7 Å². The fourth-order valence-electron chi connectivity index (χ4n) is 3.22. The predicted molar refractivity (Wildman–Crippen MR) is 126 cm³/mol. The summed E-state index contributed by atoms with van der Waals surface area (Å²) in [5.41, 5.74) is 5.86. The number of hydrogen-bond acceptors (Lipinski definition) is 6. The van der Waals surface area contributed by atoms with Crippen molar-refractivity contribution in [3.63, 3.8) is 0 Å². The SMILES string of the molecule is O=[N+]([O-])c1ccc(-c2csc(-c3cccc(-c4csc(-c5ccccc5)n4)c3)n2)cc1. The Labute approximate surface area is 186 Å². The van der Waals surface area contributed by atoms with Crippen LogP contribution in [-0.2, 0) is 0 Å². The smallest absolute Gasteiger partial charge is 0.258 e. The quantitative estimate of drug-likeness (QED) is 0.214. The maximum absolute atomic E-state index is 10.9. The van der Waals surface area contributed by atoms with Gasteiger partial charge in [0.05, 0.1) is 16.3 Å². The molecule has 5 nitrogen and oxygen atoms in total. The van der Waals surface area contributed by atoms with Gasteiger partial charge in [-0.15, -0.1) is 22.7 Å². The fourth-order valence-corrected chi connectivity index (χ4v) is 4.89. The van der Waals surface area contributed by atoms with Gasteiger partial charge in [-0.1, -0.05) is 48.5 Å². The van der Waals surface area contributed by atoms with Gasteiger partial charge in [0.2, 0.25) is 0 Å². The first-order valence-corrected chi connectivity index (χ1v) is 11.3. The first-order valence-electron chi connectivity index (χ1n) is 9.49. The lowest BCUT2D eigenvalue weighted by Gasteiger charge is -2.01. The minimum Gasteiger partial charge on any atom is -0.258 e. The summed E-state index contributed by atoms with van der Waals surface area (Å²) < 4.78 is 0. The van der Waals surface area contributed by atoms with Gasteiger partial charge in [0.15, 0.2) is 0 Å². The third-order valence-electron chi connectivity index (χ3n) is 4.81. The molecule has 0 unspecified atom stereocenters. The molecule has 0 aliphatic carbocycles. The van der Waals surface area contributed by atoms with E-state index in [0.29, 0.717) is 0 Å². The Hall–Kier alpha value is -3.68. The highest BCUT2D eigenvalue weighted by Crippen LogP contribution is 2.33. The van der Waals surface area contributed by atoms with E-state index < -0.39 is 4.92 Å². The third kappa shape index (κ3) is 4.01. The van der Waals surface area contributed by atoms with Crippen LogP contribution in [0.1, 0.15) is 0 Å². The van der Waals surface area contributed by atoms with Crippen molar-refractivity contribution < 1.29 is 4.92 Å². The zero-order chi connectivity index (χ0) is 21.2. The molecular weight excluding hydrogens is 426 g/mol. The van der Waals surface area contributed by atoms with Crippen LogP contribution in [0.3, 0.4) is 0 Å². The van der Waals surface area contributed by atoms with E-state index in [1.54, 1.807) is 34.8 Å². The standard InChI is InChI=1S/C24H15N3O2S2/c28-27(29)20-11-9-16(10-12-20)21-14-31-24(25-21)19-8-4-7-18(13-19)22-15-30-23(26-22)17-5-2-1-3-6-17/h1-15H. The van der Waals surface area contributed by atoms with E-state index in [0.717, 1.165) is 43.7 Å². The van der Waals surface area contributed by atoms with E-state index in [2.05, 4.69) is 29.6 Å². The van der Waals surface area contributed by atoms with Gasteiger partial charge in [-0.3, -0.25) is 10.1 Å². The Bertz CT molecular complexity index is 1360. The number of non-ortho nitro benzene ring substituents is 1. The summed E-state index contributed by atoms with van der Waals surface area (Å²) in [7, 11) is 0. The topological polar surface area (TPSA) is 68.9 Å². The summed E-state index contributed by atoms with van der Waals surface area (Å²) in [4.78, 5) is 20.0. The highest BCUT2D eigenvalue weighted by Gasteiger charge is 2.11. The van der Waals surface area contributed by atoms with Crippen LogP contribution in [0.2, 0.25) is 0 Å². The molecule has 0 saturated carbocycles. The first-order chi connectivity index (χ1) is 15.2. The molecule has 31 heavy (non-hydrogen) atoms. The van der Waals surface area contributed by atoms with Crippen molar-refractivity contribution in [3.05, 3.63) is 99.7 Å². The molecule has 0 N–H and O–H groups in total. The van der Waals surface area contributed by atoms with Gasteiger partial charge in [0.25, 0.3) is 5.69 Å². The van der Waals surface area contributed by atoms with E-state index in [1.165, 1.54) is 12.1 Å². The zero-order valence-corrected chi connectivity index (χ0v) is 17.8. The van der Waals surface area contributed by atoms with Crippen LogP contribution in [0.15, 0.2) is 89.6 Å². The molecule has 7 heteroatoms. The summed E-state index contributed by atoms with van der Waals surface area (Å²) in [5.74, 6) is 0. The lowest BCUT2D eigenvalue weighted by molar-refractivity contribution is -0.384. The number of nitrogens with zero attached hydrogens (tertiary/aromatic N) is 3. The Morgan fingerprint density at radius 1 is 0.645 bits per heavy atom. The lowest BCUT2D eigenvalue weighted by atomic mass is 10.1. The van der Waals surface area contributed by atoms with E-state index in [-0.39, 0.29) is 5.69 Å². The normalized spacial score (nSPS) is 10.8. The summed E-state index contributed by atoms with van der Waals surface area (Å²) in [6.45, 7) is 0. The first kappa shape index (κ1) is 19.3. The van der Waals surface area contributed by atoms with Gasteiger partial charge < -0.3 is 0 Å². The van der Waals surface area contributed by atoms with E-state index in [1.807, 2.05) is 35.7 Å². The van der Waals surface area contributed by atoms with Crippen molar-refractivity contribution in [1.29, 1.82) is 0 Å². The van der Waals surface area contributed by atoms with Crippen molar-refractivity contribution in [2.45, 2.75) is 0 Å². The van der Waals surface area contributed by atoms with Crippen LogP contribution in [0.4, 0.5) is 5.69 Å². The van der Waals surface area contributed by atoms with Gasteiger partial charge in [-0.05, 0) is 18.2 Å². The van der Waals surface area contributed by atoms with Gasteiger partial charge in [0, 0.05) is 45.1 Å². The predicted octanol–water partition coefficient (Wildman–Crippen LogP) is 7.18. The molecule has 150 valence electrons. The number of nitro groups is 1. The molecule has 0 atom stereocenters. The summed E-state index contributed by atoms with van der Waals surface area (Å²) in [6, 6.07) is 24.8. The molecule has 2 aromatic heterocycles. The molecule has 2 heterocycles. The van der Waals surface area contributed by atoms with Crippen LogP contribution < -0.4 is 0 Å². The molecule has 0 aliphatic heterocycles. The summed E-state index contributed by atoms with van der Waals surface area (Å²) in [5, 5.41) is 16.8. The number of thiazole rings is 2. The van der Waals surface area contributed by atoms with Crippen molar-refractivity contribution in [2.75, 3.05) is 0 Å². The minimum absolute atomic E-state index is 0.0741. The van der Waals surface area contributed by atoms with Crippen molar-refractivity contribution in [2.24, 2.45) is 0 Å². The highest BCUT2D eigenvalue weighted by molar-refractivity contribution is 7.13. The molecule has 0 bridgehead atoms. The molecule has 0 aliphatic rings. The number of benzene rings is 3. The second-order valence-electron chi connectivity index (χ2n) is 6.83. The van der Waals surface area contributed by atoms with Crippen LogP contribution in [-0.4, -0.2) is 14.9 Å². The number of hydrogen-bond donors (Lipinski definition) is 0. The second kappa shape index (κ2) is 8.22. The molecule has 0 fully saturated rings. The van der Waals surface area contributed by atoms with Gasteiger partial charge in [-0.2, -0.15) is 0 Å². The maximum Gasteiger partial charge on any atom is 0.269 e. The van der Waals surface area contributed by atoms with Crippen LogP contribution in [0.5, 0.6) is 0 Å². The zero-order valence-electron chi connectivity index (χ0n) is 16.1. The number of nitro benzene ring substituents is 1. The molecule has 5 aromatic rings. The molecular formula is C24H15N3O2S2. The van der Waals surface area contributed by atoms with Crippen LogP contribution >= 0.6 is 22.7 Å². The highest BCUT2D eigenvalue weighted by atomic mass is 32.1. The summed E-state index contributed by atoms with van der Waals surface area (Å²) in [6.07, 6.45) is 0. The average Bonchev–Trinajstić information content (AvgIpc) is 3.50. The monoisotopic (exact) mass is 441 g/mol.